The quantitative estimate of drug-likeness (QED) is 0.311. The number of likely N-dealkylation sites (N-methyl/N-ethyl adjacent to an activating group) is 1. The molecular weight excluding hydrogens is 427 g/mol. The zero-order chi connectivity index (χ0) is 22.6. The van der Waals surface area contributed by atoms with Gasteiger partial charge in [0.1, 0.15) is 11.9 Å². The summed E-state index contributed by atoms with van der Waals surface area (Å²) in [6.45, 7) is 3.73. The molecule has 0 unspecified atom stereocenters. The van der Waals surface area contributed by atoms with Crippen LogP contribution in [0.1, 0.15) is 6.92 Å². The van der Waals surface area contributed by atoms with Gasteiger partial charge < -0.3 is 20.7 Å². The Morgan fingerprint density at radius 2 is 2.23 bits per heavy atom. The number of aromatic nitrogens is 1. The molecule has 0 bridgehead atoms. The number of rotatable bonds is 13. The maximum atomic E-state index is 14.7. The van der Waals surface area contributed by atoms with Gasteiger partial charge in [-0.25, -0.2) is 19.2 Å². The topological polar surface area (TPSA) is 122 Å². The number of nitrogens with two attached hydrogens (primary N) is 1. The SMILES string of the molecule is CCN(CCN(OC)C(=O)Nc1nccs1)c1ccc(NC[C@H](CN)OC=O)cc1F. The maximum Gasteiger partial charge on any atom is 0.347 e. The van der Waals surface area contributed by atoms with Crippen LogP contribution in [0.5, 0.6) is 0 Å². The van der Waals surface area contributed by atoms with E-state index in [9.17, 15) is 14.0 Å². The van der Waals surface area contributed by atoms with Crippen molar-refractivity contribution in [1.29, 1.82) is 0 Å². The van der Waals surface area contributed by atoms with Gasteiger partial charge in [-0.2, -0.15) is 0 Å². The predicted octanol–water partition coefficient (Wildman–Crippen LogP) is 2.12. The summed E-state index contributed by atoms with van der Waals surface area (Å²) in [5, 5.41) is 8.99. The molecule has 0 aliphatic heterocycles. The fourth-order valence-electron chi connectivity index (χ4n) is 2.75. The number of thiazole rings is 1. The van der Waals surface area contributed by atoms with Crippen molar-refractivity contribution in [2.75, 3.05) is 55.4 Å². The molecule has 2 amide bonds. The number of nitrogens with one attached hydrogen (secondary N) is 2. The summed E-state index contributed by atoms with van der Waals surface area (Å²) in [5.74, 6) is -0.427. The van der Waals surface area contributed by atoms with Crippen molar-refractivity contribution >= 4 is 40.3 Å². The van der Waals surface area contributed by atoms with E-state index in [4.69, 9.17) is 15.3 Å². The van der Waals surface area contributed by atoms with Crippen LogP contribution >= 0.6 is 11.3 Å². The Labute approximate surface area is 184 Å². The fraction of sp³-hybridized carbons (Fsp3) is 0.421. The molecule has 2 aromatic rings. The molecule has 0 aliphatic carbocycles. The standard InChI is InChI=1S/C19H27FN6O4S/c1-3-25(7-8-26(29-2)19(28)24-18-22-6-9-31-18)17-5-4-14(10-16(17)20)23-12-15(11-21)30-13-27/h4-6,9-10,13,15,23H,3,7-8,11-12,21H2,1-2H3,(H,22,24,28)/t15-/m0/s1. The number of hydrogen-bond acceptors (Lipinski definition) is 9. The monoisotopic (exact) mass is 454 g/mol. The Bertz CT molecular complexity index is 826. The molecule has 0 radical (unpaired) electrons. The molecule has 1 heterocycles. The van der Waals surface area contributed by atoms with E-state index in [1.54, 1.807) is 28.6 Å². The van der Waals surface area contributed by atoms with E-state index < -0.39 is 18.0 Å². The van der Waals surface area contributed by atoms with Crippen LogP contribution in [0.2, 0.25) is 0 Å². The largest absolute Gasteiger partial charge is 0.461 e. The number of carbonyl (C=O) groups excluding carboxylic acids is 2. The van der Waals surface area contributed by atoms with Gasteiger partial charge in [0.05, 0.1) is 25.9 Å². The first-order chi connectivity index (χ1) is 15.0. The third kappa shape index (κ3) is 7.35. The Morgan fingerprint density at radius 3 is 2.81 bits per heavy atom. The highest BCUT2D eigenvalue weighted by Crippen LogP contribution is 2.23. The summed E-state index contributed by atoms with van der Waals surface area (Å²) >= 11 is 1.29. The number of amides is 2. The molecule has 0 spiro atoms. The molecule has 2 rings (SSSR count). The lowest BCUT2D eigenvalue weighted by molar-refractivity contribution is -0.132. The lowest BCUT2D eigenvalue weighted by Crippen LogP contribution is -2.40. The van der Waals surface area contributed by atoms with Crippen LogP contribution in [0.4, 0.5) is 25.7 Å². The minimum absolute atomic E-state index is 0.155. The van der Waals surface area contributed by atoms with E-state index in [0.717, 1.165) is 5.06 Å². The third-order valence-corrected chi connectivity index (χ3v) is 5.07. The zero-order valence-corrected chi connectivity index (χ0v) is 18.2. The second-order valence-electron chi connectivity index (χ2n) is 6.27. The third-order valence-electron chi connectivity index (χ3n) is 4.38. The first kappa shape index (κ1) is 24.3. The van der Waals surface area contributed by atoms with Crippen molar-refractivity contribution in [3.8, 4) is 0 Å². The minimum atomic E-state index is -0.497. The van der Waals surface area contributed by atoms with Crippen LogP contribution in [0.15, 0.2) is 29.8 Å². The number of anilines is 3. The number of halogens is 1. The highest BCUT2D eigenvalue weighted by Gasteiger charge is 2.18. The number of hydroxylamine groups is 2. The fourth-order valence-corrected chi connectivity index (χ4v) is 3.26. The van der Waals surface area contributed by atoms with E-state index in [-0.39, 0.29) is 19.6 Å². The molecule has 31 heavy (non-hydrogen) atoms. The van der Waals surface area contributed by atoms with Crippen molar-refractivity contribution in [2.24, 2.45) is 5.73 Å². The second kappa shape index (κ2) is 12.7. The molecule has 0 saturated carbocycles. The number of nitrogens with zero attached hydrogens (tertiary/aromatic N) is 3. The van der Waals surface area contributed by atoms with Gasteiger partial charge in [-0.05, 0) is 25.1 Å². The zero-order valence-electron chi connectivity index (χ0n) is 17.4. The van der Waals surface area contributed by atoms with E-state index in [0.29, 0.717) is 36.1 Å². The lowest BCUT2D eigenvalue weighted by Gasteiger charge is -2.27. The van der Waals surface area contributed by atoms with Crippen LogP contribution in [-0.2, 0) is 14.4 Å². The number of carbonyl (C=O) groups is 2. The second-order valence-corrected chi connectivity index (χ2v) is 7.16. The number of urea groups is 1. The predicted molar refractivity (Wildman–Crippen MR) is 118 cm³/mol. The Balaban J connectivity index is 1.96. The molecule has 170 valence electrons. The summed E-state index contributed by atoms with van der Waals surface area (Å²) in [6, 6.07) is 4.26. The molecule has 10 nitrogen and oxygen atoms in total. The average Bonchev–Trinajstić information content (AvgIpc) is 3.28. The van der Waals surface area contributed by atoms with Crippen molar-refractivity contribution in [3.05, 3.63) is 35.6 Å². The van der Waals surface area contributed by atoms with Crippen LogP contribution in [-0.4, -0.2) is 68.5 Å². The van der Waals surface area contributed by atoms with E-state index >= 15 is 0 Å². The first-order valence-corrected chi connectivity index (χ1v) is 10.5. The maximum absolute atomic E-state index is 14.7. The normalized spacial score (nSPS) is 11.5. The van der Waals surface area contributed by atoms with Crippen molar-refractivity contribution in [1.82, 2.24) is 10.0 Å². The van der Waals surface area contributed by atoms with Gasteiger partial charge in [-0.3, -0.25) is 14.9 Å². The summed E-state index contributed by atoms with van der Waals surface area (Å²) in [5.41, 5.74) is 6.44. The van der Waals surface area contributed by atoms with Gasteiger partial charge in [-0.15, -0.1) is 11.3 Å². The Kier molecular flexibility index (Phi) is 9.94. The number of benzene rings is 1. The number of ether oxygens (including phenoxy) is 1. The van der Waals surface area contributed by atoms with Gasteiger partial charge in [0, 0.05) is 36.9 Å². The van der Waals surface area contributed by atoms with E-state index in [1.807, 2.05) is 6.92 Å². The van der Waals surface area contributed by atoms with Crippen molar-refractivity contribution < 1.29 is 23.6 Å². The molecular formula is C19H27FN6O4S. The van der Waals surface area contributed by atoms with Crippen molar-refractivity contribution in [2.45, 2.75) is 13.0 Å². The van der Waals surface area contributed by atoms with Crippen molar-refractivity contribution in [3.63, 3.8) is 0 Å². The summed E-state index contributed by atoms with van der Waals surface area (Å²) < 4.78 is 19.6. The van der Waals surface area contributed by atoms with E-state index in [2.05, 4.69) is 15.6 Å². The summed E-state index contributed by atoms with van der Waals surface area (Å²) in [7, 11) is 1.39. The smallest absolute Gasteiger partial charge is 0.347 e. The van der Waals surface area contributed by atoms with E-state index in [1.165, 1.54) is 24.5 Å². The minimum Gasteiger partial charge on any atom is -0.461 e. The lowest BCUT2D eigenvalue weighted by atomic mass is 10.2. The van der Waals surface area contributed by atoms with Gasteiger partial charge in [0.15, 0.2) is 5.13 Å². The van der Waals surface area contributed by atoms with Gasteiger partial charge in [-0.1, -0.05) is 0 Å². The molecule has 1 aromatic heterocycles. The highest BCUT2D eigenvalue weighted by molar-refractivity contribution is 7.13. The van der Waals surface area contributed by atoms with Crippen LogP contribution in [0, 0.1) is 5.82 Å². The molecule has 4 N–H and O–H groups in total. The highest BCUT2D eigenvalue weighted by atomic mass is 32.1. The molecule has 1 aromatic carbocycles. The molecule has 0 saturated heterocycles. The van der Waals surface area contributed by atoms with Gasteiger partial charge in [0.25, 0.3) is 6.47 Å². The Morgan fingerprint density at radius 1 is 1.42 bits per heavy atom. The first-order valence-electron chi connectivity index (χ1n) is 9.62. The summed E-state index contributed by atoms with van der Waals surface area (Å²) in [6.07, 6.45) is 1.09. The Hall–Kier alpha value is -2.96. The summed E-state index contributed by atoms with van der Waals surface area (Å²) in [4.78, 5) is 33.7. The molecule has 0 aliphatic rings. The average molecular weight is 455 g/mol. The van der Waals surface area contributed by atoms with Crippen LogP contribution in [0.3, 0.4) is 0 Å². The van der Waals surface area contributed by atoms with Gasteiger partial charge >= 0.3 is 6.03 Å². The van der Waals surface area contributed by atoms with Crippen LogP contribution < -0.4 is 21.3 Å². The van der Waals surface area contributed by atoms with Gasteiger partial charge in [0.2, 0.25) is 0 Å². The molecule has 1 atom stereocenters. The number of hydrogen-bond donors (Lipinski definition) is 3. The molecule has 12 heteroatoms. The molecule has 0 fully saturated rings. The van der Waals surface area contributed by atoms with Crippen LogP contribution in [0.25, 0.3) is 0 Å².